The van der Waals surface area contributed by atoms with Crippen LogP contribution in [0.1, 0.15) is 11.5 Å². The lowest BCUT2D eigenvalue weighted by Gasteiger charge is -2.09. The van der Waals surface area contributed by atoms with E-state index in [1.54, 1.807) is 32.2 Å². The maximum atomic E-state index is 9.17. The van der Waals surface area contributed by atoms with Gasteiger partial charge in [-0.25, -0.2) is 0 Å². The molecule has 0 spiro atoms. The lowest BCUT2D eigenvalue weighted by atomic mass is 9.79. The van der Waals surface area contributed by atoms with Crippen molar-refractivity contribution in [1.82, 2.24) is 10.2 Å². The largest absolute Gasteiger partial charge is 0.496 e. The molecule has 0 aliphatic heterocycles. The van der Waals surface area contributed by atoms with Gasteiger partial charge in [0.15, 0.2) is 0 Å². The molecule has 8 heteroatoms. The fourth-order valence-corrected chi connectivity index (χ4v) is 2.33. The summed E-state index contributed by atoms with van der Waals surface area (Å²) in [5, 5.41) is 26.4. The summed E-state index contributed by atoms with van der Waals surface area (Å²) in [5.74, 6) is 1.72. The molecule has 0 bridgehead atoms. The van der Waals surface area contributed by atoms with Crippen molar-refractivity contribution in [2.45, 2.75) is 17.9 Å². The Labute approximate surface area is 115 Å². The maximum Gasteiger partial charge on any atom is 0.488 e. The van der Waals surface area contributed by atoms with Crippen molar-refractivity contribution >= 4 is 24.3 Å². The van der Waals surface area contributed by atoms with E-state index in [-0.39, 0.29) is 0 Å². The van der Waals surface area contributed by atoms with E-state index < -0.39 is 7.12 Å². The third-order valence-electron chi connectivity index (χ3n) is 2.46. The zero-order valence-electron chi connectivity index (χ0n) is 10.5. The zero-order chi connectivity index (χ0) is 13.8. The molecule has 100 valence electrons. The van der Waals surface area contributed by atoms with E-state index in [1.807, 2.05) is 0 Å². The Kier molecular flexibility index (Phi) is 4.46. The number of thioether (sulfide) groups is 1. The van der Waals surface area contributed by atoms with Crippen LogP contribution in [0.4, 0.5) is 0 Å². The first-order chi connectivity index (χ1) is 9.10. The van der Waals surface area contributed by atoms with Crippen LogP contribution in [0.5, 0.6) is 5.75 Å². The second kappa shape index (κ2) is 6.09. The first-order valence-corrected chi connectivity index (χ1v) is 6.54. The number of ether oxygens (including phenoxy) is 1. The standard InChI is InChI=1S/C11H13BN2O4S/c1-7-13-14-11(18-7)19-6-8-5-9(12(15)16)3-4-10(8)17-2/h3-5,15-16H,6H2,1-2H3. The number of hydrogen-bond acceptors (Lipinski definition) is 7. The Morgan fingerprint density at radius 3 is 2.74 bits per heavy atom. The van der Waals surface area contributed by atoms with E-state index in [0.29, 0.717) is 28.1 Å². The van der Waals surface area contributed by atoms with Gasteiger partial charge in [-0.05, 0) is 11.5 Å². The lowest BCUT2D eigenvalue weighted by Crippen LogP contribution is -2.30. The van der Waals surface area contributed by atoms with Crippen LogP contribution in [0, 0.1) is 6.92 Å². The molecule has 0 amide bonds. The molecule has 1 aromatic heterocycles. The average molecular weight is 280 g/mol. The van der Waals surface area contributed by atoms with Crippen molar-refractivity contribution < 1.29 is 19.2 Å². The Morgan fingerprint density at radius 2 is 2.16 bits per heavy atom. The van der Waals surface area contributed by atoms with Crippen LogP contribution in [0.2, 0.25) is 0 Å². The molecular formula is C11H13BN2O4S. The number of rotatable bonds is 5. The van der Waals surface area contributed by atoms with Crippen molar-refractivity contribution in [1.29, 1.82) is 0 Å². The summed E-state index contributed by atoms with van der Waals surface area (Å²) in [6.45, 7) is 1.72. The SMILES string of the molecule is COc1ccc(B(O)O)cc1CSc1nnc(C)o1. The first kappa shape index (κ1) is 13.9. The van der Waals surface area contributed by atoms with Crippen molar-refractivity contribution in [3.63, 3.8) is 0 Å². The van der Waals surface area contributed by atoms with E-state index in [9.17, 15) is 0 Å². The minimum absolute atomic E-state index is 0.415. The van der Waals surface area contributed by atoms with E-state index in [2.05, 4.69) is 10.2 Å². The fourth-order valence-electron chi connectivity index (χ4n) is 1.55. The molecule has 0 atom stereocenters. The fraction of sp³-hybridized carbons (Fsp3) is 0.273. The Bertz CT molecular complexity index is 561. The van der Waals surface area contributed by atoms with Gasteiger partial charge in [0.2, 0.25) is 5.89 Å². The number of hydrogen-bond donors (Lipinski definition) is 2. The average Bonchev–Trinajstić information content (AvgIpc) is 2.81. The summed E-state index contributed by atoms with van der Waals surface area (Å²) in [6, 6.07) is 4.98. The second-order valence-corrected chi connectivity index (χ2v) is 4.75. The van der Waals surface area contributed by atoms with Gasteiger partial charge in [-0.15, -0.1) is 10.2 Å². The summed E-state index contributed by atoms with van der Waals surface area (Å²) >= 11 is 1.36. The van der Waals surface area contributed by atoms with Gasteiger partial charge in [-0.1, -0.05) is 23.9 Å². The highest BCUT2D eigenvalue weighted by Crippen LogP contribution is 2.26. The molecule has 0 saturated carbocycles. The monoisotopic (exact) mass is 280 g/mol. The molecule has 6 nitrogen and oxygen atoms in total. The predicted molar refractivity (Wildman–Crippen MR) is 71.4 cm³/mol. The molecule has 2 rings (SSSR count). The summed E-state index contributed by atoms with van der Waals surface area (Å²) < 4.78 is 10.5. The van der Waals surface area contributed by atoms with Crippen LogP contribution >= 0.6 is 11.8 Å². The highest BCUT2D eigenvalue weighted by Gasteiger charge is 2.14. The normalized spacial score (nSPS) is 10.5. The quantitative estimate of drug-likeness (QED) is 0.603. The summed E-state index contributed by atoms with van der Waals surface area (Å²) in [6.07, 6.45) is 0. The van der Waals surface area contributed by atoms with E-state index in [1.165, 1.54) is 11.8 Å². The molecular weight excluding hydrogens is 267 g/mol. The van der Waals surface area contributed by atoms with Crippen molar-refractivity contribution in [2.24, 2.45) is 0 Å². The Hall–Kier alpha value is -1.51. The van der Waals surface area contributed by atoms with Crippen molar-refractivity contribution in [3.8, 4) is 5.75 Å². The summed E-state index contributed by atoms with van der Waals surface area (Å²) in [5.41, 5.74) is 1.24. The zero-order valence-corrected chi connectivity index (χ0v) is 11.3. The van der Waals surface area contributed by atoms with Gasteiger partial charge in [0, 0.05) is 18.2 Å². The highest BCUT2D eigenvalue weighted by molar-refractivity contribution is 7.98. The van der Waals surface area contributed by atoms with Gasteiger partial charge in [-0.3, -0.25) is 0 Å². The molecule has 0 unspecified atom stereocenters. The second-order valence-electron chi connectivity index (χ2n) is 3.82. The maximum absolute atomic E-state index is 9.17. The van der Waals surface area contributed by atoms with Gasteiger partial charge in [0.1, 0.15) is 5.75 Å². The van der Waals surface area contributed by atoms with Gasteiger partial charge in [-0.2, -0.15) is 0 Å². The minimum atomic E-state index is -1.50. The number of aryl methyl sites for hydroxylation is 1. The molecule has 0 aliphatic rings. The lowest BCUT2D eigenvalue weighted by molar-refractivity contribution is 0.410. The van der Waals surface area contributed by atoms with E-state index in [0.717, 1.165) is 5.56 Å². The smallest absolute Gasteiger partial charge is 0.488 e. The van der Waals surface area contributed by atoms with E-state index in [4.69, 9.17) is 19.2 Å². The molecule has 2 N–H and O–H groups in total. The number of methoxy groups -OCH3 is 1. The number of aromatic nitrogens is 2. The molecule has 0 radical (unpaired) electrons. The molecule has 2 aromatic rings. The Morgan fingerprint density at radius 1 is 1.37 bits per heavy atom. The van der Waals surface area contributed by atoms with E-state index >= 15 is 0 Å². The molecule has 0 aliphatic carbocycles. The molecule has 0 fully saturated rings. The Balaban J connectivity index is 2.15. The summed E-state index contributed by atoms with van der Waals surface area (Å²) in [7, 11) is 0.0652. The van der Waals surface area contributed by atoms with Crippen LogP contribution in [0.25, 0.3) is 0 Å². The van der Waals surface area contributed by atoms with Crippen molar-refractivity contribution in [2.75, 3.05) is 7.11 Å². The third-order valence-corrected chi connectivity index (χ3v) is 3.33. The van der Waals surface area contributed by atoms with Crippen LogP contribution < -0.4 is 10.2 Å². The highest BCUT2D eigenvalue weighted by atomic mass is 32.2. The van der Waals surface area contributed by atoms with Gasteiger partial charge in [0.25, 0.3) is 5.22 Å². The van der Waals surface area contributed by atoms with Gasteiger partial charge < -0.3 is 19.2 Å². The minimum Gasteiger partial charge on any atom is -0.496 e. The summed E-state index contributed by atoms with van der Waals surface area (Å²) in [4.78, 5) is 0. The van der Waals surface area contributed by atoms with Crippen LogP contribution in [-0.4, -0.2) is 34.5 Å². The van der Waals surface area contributed by atoms with Gasteiger partial charge in [0.05, 0.1) is 7.11 Å². The first-order valence-electron chi connectivity index (χ1n) is 5.56. The molecule has 19 heavy (non-hydrogen) atoms. The molecule has 1 aromatic carbocycles. The van der Waals surface area contributed by atoms with Crippen LogP contribution in [0.3, 0.4) is 0 Å². The number of benzene rings is 1. The molecule has 0 saturated heterocycles. The number of nitrogens with zero attached hydrogens (tertiary/aromatic N) is 2. The molecule has 1 heterocycles. The van der Waals surface area contributed by atoms with Gasteiger partial charge >= 0.3 is 7.12 Å². The predicted octanol–water partition coefficient (Wildman–Crippen LogP) is 0.359. The van der Waals surface area contributed by atoms with Crippen LogP contribution in [-0.2, 0) is 5.75 Å². The van der Waals surface area contributed by atoms with Crippen LogP contribution in [0.15, 0.2) is 27.8 Å². The van der Waals surface area contributed by atoms with Crippen molar-refractivity contribution in [3.05, 3.63) is 29.7 Å². The topological polar surface area (TPSA) is 88.6 Å². The third kappa shape index (κ3) is 3.49.